The minimum Gasteiger partial charge on any atom is -0.485 e. The number of alkyl carbamates (subject to hydrolysis) is 1. The zero-order chi connectivity index (χ0) is 28.8. The third kappa shape index (κ3) is 7.42. The van der Waals surface area contributed by atoms with Crippen LogP contribution in [0, 0.1) is 0 Å². The molecule has 0 saturated carbocycles. The van der Waals surface area contributed by atoms with Gasteiger partial charge in [0.2, 0.25) is 11.7 Å². The van der Waals surface area contributed by atoms with Crippen LogP contribution in [-0.2, 0) is 27.3 Å². The molecule has 1 aromatic heterocycles. The van der Waals surface area contributed by atoms with Gasteiger partial charge in [0.25, 0.3) is 0 Å². The van der Waals surface area contributed by atoms with Crippen LogP contribution in [0.2, 0.25) is 0 Å². The van der Waals surface area contributed by atoms with Crippen molar-refractivity contribution in [2.75, 3.05) is 6.61 Å². The van der Waals surface area contributed by atoms with Crippen molar-refractivity contribution in [1.29, 1.82) is 0 Å². The summed E-state index contributed by atoms with van der Waals surface area (Å²) in [5.41, 5.74) is 1.65. The summed E-state index contributed by atoms with van der Waals surface area (Å²) in [6.07, 6.45) is -1.16. The molecule has 5 rings (SSSR count). The molecular weight excluding hydrogens is 526 g/mol. The number of carbonyl (C=O) groups excluding carboxylic acids is 2. The van der Waals surface area contributed by atoms with E-state index >= 15 is 0 Å². The summed E-state index contributed by atoms with van der Waals surface area (Å²) in [4.78, 5) is 30.0. The Morgan fingerprint density at radius 2 is 1.76 bits per heavy atom. The number of esters is 1. The van der Waals surface area contributed by atoms with Crippen LogP contribution < -0.4 is 14.8 Å². The standard InChI is InChI=1S/C31H31N3O7/c1-31(2,3)40-30(36)32-23(29(35)38-18-20-10-5-4-6-11-20)17-27-33-28(34-41-27)22-13-9-12-21(16-22)26-19-37-24-14-7-8-15-25(24)39-26/h4-16,23,26H,17-19H2,1-3H3,(H,32,36)/t23-,26-/m0/s1. The SMILES string of the molecule is CC(C)(C)OC(=O)N[C@@H](Cc1nc(-c2cccc([C@@H]3COc4ccccc4O3)c2)no1)C(=O)OCc1ccccc1. The highest BCUT2D eigenvalue weighted by molar-refractivity contribution is 5.81. The average molecular weight is 558 g/mol. The number of ether oxygens (including phenoxy) is 4. The first-order valence-electron chi connectivity index (χ1n) is 13.2. The Morgan fingerprint density at radius 1 is 1.00 bits per heavy atom. The van der Waals surface area contributed by atoms with Gasteiger partial charge < -0.3 is 28.8 Å². The Hall–Kier alpha value is -4.86. The van der Waals surface area contributed by atoms with E-state index in [0.717, 1.165) is 11.1 Å². The Balaban J connectivity index is 1.29. The van der Waals surface area contributed by atoms with Gasteiger partial charge in [-0.25, -0.2) is 9.59 Å². The Morgan fingerprint density at radius 3 is 2.54 bits per heavy atom. The van der Waals surface area contributed by atoms with Crippen LogP contribution in [0.1, 0.15) is 43.9 Å². The third-order valence-electron chi connectivity index (χ3n) is 6.07. The van der Waals surface area contributed by atoms with Crippen molar-refractivity contribution in [2.45, 2.75) is 51.5 Å². The predicted molar refractivity (Wildman–Crippen MR) is 148 cm³/mol. The Kier molecular flexibility index (Phi) is 8.19. The molecule has 0 fully saturated rings. The number of amides is 1. The van der Waals surface area contributed by atoms with Crippen LogP contribution >= 0.6 is 0 Å². The summed E-state index contributed by atoms with van der Waals surface area (Å²) >= 11 is 0. The van der Waals surface area contributed by atoms with Gasteiger partial charge >= 0.3 is 12.1 Å². The number of nitrogens with zero attached hydrogens (tertiary/aromatic N) is 2. The highest BCUT2D eigenvalue weighted by Crippen LogP contribution is 2.36. The van der Waals surface area contributed by atoms with E-state index in [-0.39, 0.29) is 25.0 Å². The molecule has 0 bridgehead atoms. The largest absolute Gasteiger partial charge is 0.485 e. The van der Waals surface area contributed by atoms with E-state index in [1.165, 1.54) is 0 Å². The molecule has 41 heavy (non-hydrogen) atoms. The van der Waals surface area contributed by atoms with Gasteiger partial charge in [-0.1, -0.05) is 65.8 Å². The number of rotatable bonds is 8. The fourth-order valence-electron chi connectivity index (χ4n) is 4.16. The second kappa shape index (κ2) is 12.1. The zero-order valence-corrected chi connectivity index (χ0v) is 23.0. The molecule has 0 spiro atoms. The van der Waals surface area contributed by atoms with Gasteiger partial charge in [0.1, 0.15) is 24.9 Å². The van der Waals surface area contributed by atoms with Crippen molar-refractivity contribution in [3.63, 3.8) is 0 Å². The monoisotopic (exact) mass is 557 g/mol. The van der Waals surface area contributed by atoms with E-state index in [1.54, 1.807) is 20.8 Å². The van der Waals surface area contributed by atoms with Crippen molar-refractivity contribution in [3.8, 4) is 22.9 Å². The number of fused-ring (bicyclic) bond motifs is 1. The number of hydrogen-bond acceptors (Lipinski definition) is 9. The molecule has 212 valence electrons. The lowest BCUT2D eigenvalue weighted by Gasteiger charge is -2.26. The van der Waals surface area contributed by atoms with E-state index in [2.05, 4.69) is 15.5 Å². The van der Waals surface area contributed by atoms with Gasteiger partial charge in [0, 0.05) is 5.56 Å². The minimum absolute atomic E-state index is 0.0471. The summed E-state index contributed by atoms with van der Waals surface area (Å²) in [6.45, 7) is 5.61. The van der Waals surface area contributed by atoms with E-state index in [1.807, 2.05) is 78.9 Å². The number of hydrogen-bond donors (Lipinski definition) is 1. The topological polar surface area (TPSA) is 122 Å². The first-order valence-corrected chi connectivity index (χ1v) is 13.2. The molecule has 0 unspecified atom stereocenters. The van der Waals surface area contributed by atoms with Gasteiger partial charge in [-0.3, -0.25) is 0 Å². The molecular formula is C31H31N3O7. The van der Waals surface area contributed by atoms with Crippen LogP contribution in [0.25, 0.3) is 11.4 Å². The van der Waals surface area contributed by atoms with Crippen molar-refractivity contribution in [2.24, 2.45) is 0 Å². The Bertz CT molecular complexity index is 1500. The summed E-state index contributed by atoms with van der Waals surface area (Å²) in [5, 5.41) is 6.67. The van der Waals surface area contributed by atoms with Crippen LogP contribution in [-0.4, -0.2) is 40.5 Å². The molecule has 1 amide bonds. The Labute approximate surface area is 237 Å². The van der Waals surface area contributed by atoms with E-state index in [9.17, 15) is 9.59 Å². The van der Waals surface area contributed by atoms with Crippen LogP contribution in [0.15, 0.2) is 83.4 Å². The number of nitrogens with one attached hydrogen (secondary N) is 1. The lowest BCUT2D eigenvalue weighted by atomic mass is 10.1. The van der Waals surface area contributed by atoms with Crippen molar-refractivity contribution in [1.82, 2.24) is 15.5 Å². The quantitative estimate of drug-likeness (QED) is 0.283. The van der Waals surface area contributed by atoms with Crippen LogP contribution in [0.4, 0.5) is 4.79 Å². The van der Waals surface area contributed by atoms with Gasteiger partial charge in [-0.05, 0) is 50.1 Å². The van der Waals surface area contributed by atoms with Crippen molar-refractivity contribution in [3.05, 3.63) is 95.9 Å². The first-order chi connectivity index (χ1) is 19.7. The molecule has 10 heteroatoms. The molecule has 1 aliphatic heterocycles. The van der Waals surface area contributed by atoms with Crippen molar-refractivity contribution >= 4 is 12.1 Å². The van der Waals surface area contributed by atoms with Crippen LogP contribution in [0.5, 0.6) is 11.5 Å². The van der Waals surface area contributed by atoms with E-state index in [0.29, 0.717) is 29.5 Å². The maximum atomic E-state index is 13.0. The van der Waals surface area contributed by atoms with E-state index < -0.39 is 23.7 Å². The molecule has 0 radical (unpaired) electrons. The van der Waals surface area contributed by atoms with Crippen molar-refractivity contribution < 1.29 is 33.1 Å². The number of carbonyl (C=O) groups is 2. The summed E-state index contributed by atoms with van der Waals surface area (Å²) in [5.74, 6) is 1.20. The van der Waals surface area contributed by atoms with Gasteiger partial charge in [-0.15, -0.1) is 0 Å². The average Bonchev–Trinajstić information content (AvgIpc) is 3.43. The number of aromatic nitrogens is 2. The maximum Gasteiger partial charge on any atom is 0.408 e. The summed E-state index contributed by atoms with van der Waals surface area (Å²) < 4.78 is 28.2. The zero-order valence-electron chi connectivity index (χ0n) is 23.0. The molecule has 3 aromatic carbocycles. The van der Waals surface area contributed by atoms with Gasteiger partial charge in [0.15, 0.2) is 17.6 Å². The second-order valence-electron chi connectivity index (χ2n) is 10.5. The normalized spacial score (nSPS) is 15.0. The molecule has 0 saturated heterocycles. The molecule has 1 N–H and O–H groups in total. The fourth-order valence-corrected chi connectivity index (χ4v) is 4.16. The molecule has 10 nitrogen and oxygen atoms in total. The second-order valence-corrected chi connectivity index (χ2v) is 10.5. The number of benzene rings is 3. The van der Waals surface area contributed by atoms with E-state index in [4.69, 9.17) is 23.5 Å². The lowest BCUT2D eigenvalue weighted by molar-refractivity contribution is -0.147. The molecule has 4 aromatic rings. The molecule has 1 aliphatic rings. The summed E-state index contributed by atoms with van der Waals surface area (Å²) in [6, 6.07) is 23.2. The summed E-state index contributed by atoms with van der Waals surface area (Å²) in [7, 11) is 0. The molecule has 2 heterocycles. The highest BCUT2D eigenvalue weighted by Gasteiger charge is 2.29. The minimum atomic E-state index is -1.11. The first kappa shape index (κ1) is 27.7. The van der Waals surface area contributed by atoms with Gasteiger partial charge in [0.05, 0.1) is 6.42 Å². The molecule has 2 atom stereocenters. The lowest BCUT2D eigenvalue weighted by Crippen LogP contribution is -2.45. The molecule has 0 aliphatic carbocycles. The predicted octanol–water partition coefficient (Wildman–Crippen LogP) is 5.43. The highest BCUT2D eigenvalue weighted by atomic mass is 16.6. The van der Waals surface area contributed by atoms with Gasteiger partial charge in [-0.2, -0.15) is 4.98 Å². The smallest absolute Gasteiger partial charge is 0.408 e. The fraction of sp³-hybridized carbons (Fsp3) is 0.290. The maximum absolute atomic E-state index is 13.0. The van der Waals surface area contributed by atoms with Crippen LogP contribution in [0.3, 0.4) is 0 Å². The number of para-hydroxylation sites is 2. The third-order valence-corrected chi connectivity index (χ3v) is 6.07.